The van der Waals surface area contributed by atoms with Gasteiger partial charge < -0.3 is 9.47 Å². The van der Waals surface area contributed by atoms with Crippen molar-refractivity contribution in [3.8, 4) is 0 Å². The number of ether oxygens (including phenoxy) is 2. The van der Waals surface area contributed by atoms with Crippen molar-refractivity contribution >= 4 is 31.5 Å². The number of rotatable bonds is 9. The number of hydrogen-bond acceptors (Lipinski definition) is 6. The smallest absolute Gasteiger partial charge is 0.353 e. The summed E-state index contributed by atoms with van der Waals surface area (Å²) >= 11 is 5.84. The first-order valence-corrected chi connectivity index (χ1v) is 15.3. The second kappa shape index (κ2) is 11.2. The molecule has 1 saturated carbocycles. The molecular weight excluding hydrogens is 593 g/mol. The van der Waals surface area contributed by atoms with E-state index in [0.29, 0.717) is 25.2 Å². The van der Waals surface area contributed by atoms with Crippen molar-refractivity contribution in [2.45, 2.75) is 59.6 Å². The van der Waals surface area contributed by atoms with E-state index in [-0.39, 0.29) is 14.2 Å². The minimum Gasteiger partial charge on any atom is -0.353 e. The van der Waals surface area contributed by atoms with Crippen LogP contribution in [0.2, 0.25) is 5.02 Å². The summed E-state index contributed by atoms with van der Waals surface area (Å²) in [5, 5.41) is 0.191. The highest BCUT2D eigenvalue weighted by molar-refractivity contribution is 7.92. The minimum atomic E-state index is -5.94. The van der Waals surface area contributed by atoms with E-state index in [1.165, 1.54) is 12.1 Å². The molecule has 216 valence electrons. The van der Waals surface area contributed by atoms with Gasteiger partial charge >= 0.3 is 15.5 Å². The molecule has 7 nitrogen and oxygen atoms in total. The second-order valence-corrected chi connectivity index (χ2v) is 13.9. The lowest BCUT2D eigenvalue weighted by Gasteiger charge is -2.50. The Balaban J connectivity index is 1.70. The van der Waals surface area contributed by atoms with Crippen LogP contribution in [-0.2, 0) is 34.1 Å². The SMILES string of the molecule is O=S(=O)(c1ccc(Cl)cc1)C1(c2cc(F)ccc2F)CC(N(CCOC2CCCCO2)S(=O)(=O)C(F)(F)F)C1. The summed E-state index contributed by atoms with van der Waals surface area (Å²) in [6.07, 6.45) is -0.182. The predicted octanol–water partition coefficient (Wildman–Crippen LogP) is 5.14. The zero-order valence-electron chi connectivity index (χ0n) is 20.3. The van der Waals surface area contributed by atoms with Crippen LogP contribution in [0.15, 0.2) is 47.4 Å². The third-order valence-corrected chi connectivity index (χ3v) is 11.4. The first-order chi connectivity index (χ1) is 18.2. The van der Waals surface area contributed by atoms with Crippen LogP contribution in [0.4, 0.5) is 22.0 Å². The van der Waals surface area contributed by atoms with E-state index in [1.807, 2.05) is 0 Å². The Morgan fingerprint density at radius 3 is 2.28 bits per heavy atom. The Bertz CT molecular complexity index is 1390. The molecule has 2 fully saturated rings. The Kier molecular flexibility index (Phi) is 8.66. The van der Waals surface area contributed by atoms with Gasteiger partial charge in [0.05, 0.1) is 11.5 Å². The maximum atomic E-state index is 15.0. The molecule has 1 aliphatic heterocycles. The molecule has 1 heterocycles. The highest BCUT2D eigenvalue weighted by atomic mass is 35.5. The Hall–Kier alpha value is -1.84. The minimum absolute atomic E-state index is 0.128. The van der Waals surface area contributed by atoms with E-state index in [9.17, 15) is 38.8 Å². The average Bonchev–Trinajstić information content (AvgIpc) is 2.84. The van der Waals surface area contributed by atoms with Gasteiger partial charge in [0.15, 0.2) is 16.1 Å². The van der Waals surface area contributed by atoms with E-state index in [0.717, 1.165) is 31.0 Å². The summed E-state index contributed by atoms with van der Waals surface area (Å²) in [5.74, 6) is -2.07. The first kappa shape index (κ1) is 30.1. The quantitative estimate of drug-likeness (QED) is 0.362. The Morgan fingerprint density at radius 2 is 1.69 bits per heavy atom. The molecule has 1 unspecified atom stereocenters. The van der Waals surface area contributed by atoms with Crippen LogP contribution in [0, 0.1) is 11.6 Å². The summed E-state index contributed by atoms with van der Waals surface area (Å²) in [6.45, 7) is -0.820. The molecule has 39 heavy (non-hydrogen) atoms. The summed E-state index contributed by atoms with van der Waals surface area (Å²) < 4.78 is 131. The van der Waals surface area contributed by atoms with E-state index in [1.54, 1.807) is 0 Å². The molecule has 1 saturated heterocycles. The van der Waals surface area contributed by atoms with E-state index in [2.05, 4.69) is 0 Å². The van der Waals surface area contributed by atoms with Gasteiger partial charge in [0.25, 0.3) is 0 Å². The Labute approximate surface area is 227 Å². The van der Waals surface area contributed by atoms with Crippen molar-refractivity contribution in [2.75, 3.05) is 19.8 Å². The summed E-state index contributed by atoms with van der Waals surface area (Å²) in [6, 6.07) is 5.40. The molecular formula is C24H25ClF5NO6S2. The Morgan fingerprint density at radius 1 is 1.03 bits per heavy atom. The summed E-state index contributed by atoms with van der Waals surface area (Å²) in [5.41, 5.74) is -6.30. The summed E-state index contributed by atoms with van der Waals surface area (Å²) in [7, 11) is -10.5. The predicted molar refractivity (Wildman–Crippen MR) is 131 cm³/mol. The van der Waals surface area contributed by atoms with Crippen LogP contribution < -0.4 is 0 Å². The molecule has 15 heteroatoms. The maximum absolute atomic E-state index is 15.0. The first-order valence-electron chi connectivity index (χ1n) is 12.0. The number of halogens is 6. The van der Waals surface area contributed by atoms with Crippen molar-refractivity contribution in [3.63, 3.8) is 0 Å². The molecule has 1 aliphatic carbocycles. The largest absolute Gasteiger partial charge is 0.511 e. The van der Waals surface area contributed by atoms with Gasteiger partial charge in [0.2, 0.25) is 0 Å². The molecule has 0 spiro atoms. The van der Waals surface area contributed by atoms with E-state index >= 15 is 0 Å². The highest BCUT2D eigenvalue weighted by Gasteiger charge is 2.62. The van der Waals surface area contributed by atoms with Gasteiger partial charge in [-0.05, 0) is 74.6 Å². The van der Waals surface area contributed by atoms with Crippen LogP contribution in [0.5, 0.6) is 0 Å². The maximum Gasteiger partial charge on any atom is 0.511 e. The fourth-order valence-corrected chi connectivity index (χ4v) is 8.39. The van der Waals surface area contributed by atoms with Gasteiger partial charge in [0.1, 0.15) is 16.4 Å². The zero-order chi connectivity index (χ0) is 28.6. The van der Waals surface area contributed by atoms with Gasteiger partial charge in [-0.2, -0.15) is 17.5 Å². The standard InChI is InChI=1S/C24H25ClF5NO6S2/c25-16-4-7-19(8-5-16)38(32,33)23(20-13-17(26)6-9-21(20)27)14-18(15-23)31(39(34,35)24(28,29)30)10-12-37-22-3-1-2-11-36-22/h4-9,13,18,22H,1-3,10-12,14-15H2. The van der Waals surface area contributed by atoms with Gasteiger partial charge in [0, 0.05) is 29.8 Å². The van der Waals surface area contributed by atoms with Crippen LogP contribution in [0.1, 0.15) is 37.7 Å². The number of benzene rings is 2. The van der Waals surface area contributed by atoms with Crippen molar-refractivity contribution in [2.24, 2.45) is 0 Å². The van der Waals surface area contributed by atoms with Gasteiger partial charge in [-0.3, -0.25) is 0 Å². The zero-order valence-corrected chi connectivity index (χ0v) is 22.7. The number of alkyl halides is 3. The molecule has 2 aromatic carbocycles. The van der Waals surface area contributed by atoms with Gasteiger partial charge in [-0.25, -0.2) is 25.6 Å². The molecule has 0 amide bonds. The normalized spacial score (nSPS) is 24.5. The monoisotopic (exact) mass is 617 g/mol. The van der Waals surface area contributed by atoms with Crippen LogP contribution in [0.3, 0.4) is 0 Å². The third-order valence-electron chi connectivity index (χ3n) is 6.95. The van der Waals surface area contributed by atoms with E-state index in [4.69, 9.17) is 21.1 Å². The number of sulfone groups is 1. The lowest BCUT2D eigenvalue weighted by atomic mass is 9.74. The lowest BCUT2D eigenvalue weighted by molar-refractivity contribution is -0.164. The molecule has 2 aromatic rings. The van der Waals surface area contributed by atoms with Gasteiger partial charge in [-0.1, -0.05) is 11.6 Å². The molecule has 0 bridgehead atoms. The average molecular weight is 618 g/mol. The fraction of sp³-hybridized carbons (Fsp3) is 0.500. The van der Waals surface area contributed by atoms with Crippen molar-refractivity contribution in [3.05, 3.63) is 64.7 Å². The van der Waals surface area contributed by atoms with E-state index < -0.39 is 85.6 Å². The molecule has 0 N–H and O–H groups in total. The third kappa shape index (κ3) is 5.82. The second-order valence-electron chi connectivity index (χ2n) is 9.37. The van der Waals surface area contributed by atoms with Gasteiger partial charge in [-0.15, -0.1) is 0 Å². The fourth-order valence-electron chi connectivity index (χ4n) is 4.92. The molecule has 2 aliphatic rings. The van der Waals surface area contributed by atoms with Crippen LogP contribution >= 0.6 is 11.6 Å². The van der Waals surface area contributed by atoms with Crippen LogP contribution in [0.25, 0.3) is 0 Å². The number of nitrogens with zero attached hydrogens (tertiary/aromatic N) is 1. The van der Waals surface area contributed by atoms with Crippen molar-refractivity contribution in [1.29, 1.82) is 0 Å². The number of hydrogen-bond donors (Lipinski definition) is 0. The molecule has 4 rings (SSSR count). The number of sulfonamides is 1. The van der Waals surface area contributed by atoms with Crippen molar-refractivity contribution in [1.82, 2.24) is 4.31 Å². The molecule has 0 aromatic heterocycles. The van der Waals surface area contributed by atoms with Crippen molar-refractivity contribution < 1.29 is 48.3 Å². The highest BCUT2D eigenvalue weighted by Crippen LogP contribution is 2.54. The summed E-state index contributed by atoms with van der Waals surface area (Å²) in [4.78, 5) is -0.336. The lowest BCUT2D eigenvalue weighted by Crippen LogP contribution is -2.60. The van der Waals surface area contributed by atoms with Crippen LogP contribution in [-0.4, -0.2) is 58.7 Å². The molecule has 0 radical (unpaired) electrons. The topological polar surface area (TPSA) is 90.0 Å². The molecule has 1 atom stereocenters.